The van der Waals surface area contributed by atoms with Crippen LogP contribution in [-0.2, 0) is 21.9 Å². The molecule has 2 rings (SSSR count). The number of piperidine rings is 1. The third-order valence-corrected chi connectivity index (χ3v) is 3.84. The van der Waals surface area contributed by atoms with Crippen LogP contribution in [0.15, 0.2) is 5.38 Å². The Hall–Kier alpha value is -1.14. The van der Waals surface area contributed by atoms with Crippen molar-refractivity contribution in [2.45, 2.75) is 31.2 Å². The van der Waals surface area contributed by atoms with Crippen molar-refractivity contribution in [3.63, 3.8) is 0 Å². The van der Waals surface area contributed by atoms with Crippen LogP contribution in [0.4, 0.5) is 0 Å². The van der Waals surface area contributed by atoms with Crippen molar-refractivity contribution in [3.8, 4) is 0 Å². The van der Waals surface area contributed by atoms with Crippen LogP contribution in [0.2, 0.25) is 0 Å². The summed E-state index contributed by atoms with van der Waals surface area (Å²) in [5.74, 6) is 0.0751. The van der Waals surface area contributed by atoms with Crippen molar-refractivity contribution in [1.82, 2.24) is 15.6 Å². The van der Waals surface area contributed by atoms with E-state index < -0.39 is 6.04 Å². The maximum Gasteiger partial charge on any atom is 0.242 e. The Morgan fingerprint density at radius 3 is 3.17 bits per heavy atom. The Kier molecular flexibility index (Phi) is 4.54. The molecule has 0 aromatic carbocycles. The first kappa shape index (κ1) is 13.3. The van der Waals surface area contributed by atoms with E-state index in [9.17, 15) is 9.59 Å². The molecule has 2 heterocycles. The normalized spacial score (nSPS) is 19.4. The lowest BCUT2D eigenvalue weighted by molar-refractivity contribution is -0.129. The van der Waals surface area contributed by atoms with Crippen LogP contribution >= 0.6 is 22.9 Å². The second-order valence-corrected chi connectivity index (χ2v) is 5.31. The molecule has 1 saturated heterocycles. The molecule has 18 heavy (non-hydrogen) atoms. The summed E-state index contributed by atoms with van der Waals surface area (Å²) in [7, 11) is 0. The Morgan fingerprint density at radius 1 is 1.67 bits per heavy atom. The van der Waals surface area contributed by atoms with Crippen LogP contribution in [0.25, 0.3) is 0 Å². The molecule has 5 nitrogen and oxygen atoms in total. The minimum absolute atomic E-state index is 0.102. The van der Waals surface area contributed by atoms with Crippen molar-refractivity contribution >= 4 is 34.8 Å². The molecule has 1 aromatic rings. The quantitative estimate of drug-likeness (QED) is 0.806. The lowest BCUT2D eigenvalue weighted by Gasteiger charge is -2.22. The molecule has 0 radical (unpaired) electrons. The summed E-state index contributed by atoms with van der Waals surface area (Å²) in [6.07, 6.45) is 1.79. The van der Waals surface area contributed by atoms with Gasteiger partial charge in [0.05, 0.1) is 18.0 Å². The smallest absolute Gasteiger partial charge is 0.242 e. The summed E-state index contributed by atoms with van der Waals surface area (Å²) in [6.45, 7) is 0.691. The molecule has 1 unspecified atom stereocenters. The Labute approximate surface area is 114 Å². The van der Waals surface area contributed by atoms with Gasteiger partial charge in [-0.3, -0.25) is 9.59 Å². The molecule has 1 atom stereocenters. The van der Waals surface area contributed by atoms with Gasteiger partial charge >= 0.3 is 0 Å². The molecule has 1 aliphatic rings. The van der Waals surface area contributed by atoms with Gasteiger partial charge in [-0.05, 0) is 12.8 Å². The highest BCUT2D eigenvalue weighted by atomic mass is 35.5. The number of nitrogens with one attached hydrogen (secondary N) is 2. The van der Waals surface area contributed by atoms with E-state index in [2.05, 4.69) is 15.6 Å². The van der Waals surface area contributed by atoms with E-state index in [1.807, 2.05) is 5.38 Å². The average Bonchev–Trinajstić information content (AvgIpc) is 2.80. The van der Waals surface area contributed by atoms with Gasteiger partial charge in [0, 0.05) is 11.9 Å². The number of rotatable bonds is 4. The Balaban J connectivity index is 1.86. The Bertz CT molecular complexity index is 449. The molecule has 0 aliphatic carbocycles. The van der Waals surface area contributed by atoms with Crippen LogP contribution in [0, 0.1) is 0 Å². The van der Waals surface area contributed by atoms with E-state index in [-0.39, 0.29) is 18.2 Å². The highest BCUT2D eigenvalue weighted by Crippen LogP contribution is 2.12. The predicted molar refractivity (Wildman–Crippen MR) is 69.5 cm³/mol. The lowest BCUT2D eigenvalue weighted by atomic mass is 10.1. The number of alkyl halides is 1. The van der Waals surface area contributed by atoms with Gasteiger partial charge in [-0.1, -0.05) is 0 Å². The molecule has 2 amide bonds. The molecule has 98 valence electrons. The third kappa shape index (κ3) is 3.43. The topological polar surface area (TPSA) is 71.1 Å². The van der Waals surface area contributed by atoms with Crippen molar-refractivity contribution in [1.29, 1.82) is 0 Å². The molecule has 0 spiro atoms. The summed E-state index contributed by atoms with van der Waals surface area (Å²) in [4.78, 5) is 27.4. The molecule has 1 aromatic heterocycles. The van der Waals surface area contributed by atoms with E-state index in [0.29, 0.717) is 18.8 Å². The Morgan fingerprint density at radius 2 is 2.50 bits per heavy atom. The van der Waals surface area contributed by atoms with Gasteiger partial charge < -0.3 is 10.6 Å². The fraction of sp³-hybridized carbons (Fsp3) is 0.545. The molecule has 1 aliphatic heterocycles. The van der Waals surface area contributed by atoms with E-state index >= 15 is 0 Å². The minimum Gasteiger partial charge on any atom is -0.354 e. The highest BCUT2D eigenvalue weighted by Gasteiger charge is 2.23. The zero-order valence-corrected chi connectivity index (χ0v) is 11.3. The van der Waals surface area contributed by atoms with Gasteiger partial charge in [-0.2, -0.15) is 0 Å². The number of thiazole rings is 1. The van der Waals surface area contributed by atoms with Gasteiger partial charge in [0.2, 0.25) is 11.8 Å². The van der Waals surface area contributed by atoms with Crippen molar-refractivity contribution in [3.05, 3.63) is 16.1 Å². The van der Waals surface area contributed by atoms with E-state index in [1.165, 1.54) is 11.3 Å². The number of hydrogen-bond acceptors (Lipinski definition) is 4. The number of hydrogen-bond donors (Lipinski definition) is 2. The number of aromatic nitrogens is 1. The van der Waals surface area contributed by atoms with E-state index in [0.717, 1.165) is 17.1 Å². The fourth-order valence-electron chi connectivity index (χ4n) is 1.78. The number of carbonyl (C=O) groups excluding carboxylic acids is 2. The monoisotopic (exact) mass is 287 g/mol. The summed E-state index contributed by atoms with van der Waals surface area (Å²) in [5, 5.41) is 8.02. The summed E-state index contributed by atoms with van der Waals surface area (Å²) in [5.41, 5.74) is 0.778. The van der Waals surface area contributed by atoms with Crippen LogP contribution in [-0.4, -0.2) is 29.4 Å². The fourth-order valence-corrected chi connectivity index (χ4v) is 2.80. The average molecular weight is 288 g/mol. The number of nitrogens with zero attached hydrogens (tertiary/aromatic N) is 1. The van der Waals surface area contributed by atoms with Gasteiger partial charge in [-0.25, -0.2) is 4.98 Å². The molecule has 2 N–H and O–H groups in total. The van der Waals surface area contributed by atoms with Crippen LogP contribution in [0.3, 0.4) is 0 Å². The summed E-state index contributed by atoms with van der Waals surface area (Å²) >= 11 is 7.05. The first-order valence-electron chi connectivity index (χ1n) is 5.75. The molecule has 0 saturated carbocycles. The predicted octanol–water partition coefficient (Wildman–Crippen LogP) is 0.819. The van der Waals surface area contributed by atoms with Gasteiger partial charge in [-0.15, -0.1) is 22.9 Å². The number of halogens is 1. The van der Waals surface area contributed by atoms with Crippen LogP contribution < -0.4 is 10.6 Å². The van der Waals surface area contributed by atoms with Crippen LogP contribution in [0.5, 0.6) is 0 Å². The summed E-state index contributed by atoms with van der Waals surface area (Å²) in [6, 6.07) is -0.404. The van der Waals surface area contributed by atoms with E-state index in [1.54, 1.807) is 0 Å². The molecule has 0 bridgehead atoms. The molecular formula is C11H14ClN3O2S. The van der Waals surface area contributed by atoms with Crippen molar-refractivity contribution in [2.24, 2.45) is 0 Å². The second kappa shape index (κ2) is 6.15. The number of carbonyl (C=O) groups is 2. The first-order chi connectivity index (χ1) is 8.69. The molecule has 7 heteroatoms. The third-order valence-electron chi connectivity index (χ3n) is 2.67. The second-order valence-electron chi connectivity index (χ2n) is 4.10. The van der Waals surface area contributed by atoms with E-state index in [4.69, 9.17) is 11.6 Å². The van der Waals surface area contributed by atoms with Crippen molar-refractivity contribution < 1.29 is 9.59 Å². The maximum absolute atomic E-state index is 11.8. The standard InChI is InChI=1S/C11H14ClN3O2S/c12-5-7-6-18-10(14-7)4-9(16)15-8-2-1-3-13-11(8)17/h6,8H,1-5H2,(H,13,17)(H,15,16). The minimum atomic E-state index is -0.404. The maximum atomic E-state index is 11.8. The molecule has 1 fully saturated rings. The van der Waals surface area contributed by atoms with Crippen molar-refractivity contribution in [2.75, 3.05) is 6.54 Å². The number of amides is 2. The largest absolute Gasteiger partial charge is 0.354 e. The highest BCUT2D eigenvalue weighted by molar-refractivity contribution is 7.09. The lowest BCUT2D eigenvalue weighted by Crippen LogP contribution is -2.50. The van der Waals surface area contributed by atoms with Gasteiger partial charge in [0.15, 0.2) is 0 Å². The van der Waals surface area contributed by atoms with Crippen LogP contribution in [0.1, 0.15) is 23.5 Å². The molecular weight excluding hydrogens is 274 g/mol. The zero-order valence-electron chi connectivity index (χ0n) is 9.74. The SMILES string of the molecule is O=C(Cc1nc(CCl)cs1)NC1CCCNC1=O. The van der Waals surface area contributed by atoms with Gasteiger partial charge in [0.25, 0.3) is 0 Å². The summed E-state index contributed by atoms with van der Waals surface area (Å²) < 4.78 is 0. The first-order valence-corrected chi connectivity index (χ1v) is 7.17. The zero-order chi connectivity index (χ0) is 13.0. The van der Waals surface area contributed by atoms with Gasteiger partial charge in [0.1, 0.15) is 11.0 Å².